The third kappa shape index (κ3) is 4.63. The highest BCUT2D eigenvalue weighted by molar-refractivity contribution is 8.24. The Hall–Kier alpha value is -1.94. The highest BCUT2D eigenvalue weighted by Crippen LogP contribution is 2.43. The predicted octanol–water partition coefficient (Wildman–Crippen LogP) is 5.48. The average Bonchev–Trinajstić information content (AvgIpc) is 2.85. The molecule has 2 aromatic carbocycles. The van der Waals surface area contributed by atoms with Gasteiger partial charge < -0.3 is 10.2 Å². The molecular formula is C19H18ClF2N3O2S2. The minimum atomic E-state index is -0.960. The van der Waals surface area contributed by atoms with E-state index in [1.165, 1.54) is 28.8 Å². The zero-order valence-corrected chi connectivity index (χ0v) is 17.9. The SMILES string of the molecule is CC1(C)SC(=S)N(Cc2c(F)cccc2F)[C@H]1N(O)C(=O)Nc1cccc(Cl)c1. The predicted molar refractivity (Wildman–Crippen MR) is 114 cm³/mol. The summed E-state index contributed by atoms with van der Waals surface area (Å²) in [6, 6.07) is 9.17. The van der Waals surface area contributed by atoms with Crippen molar-refractivity contribution in [1.82, 2.24) is 9.96 Å². The van der Waals surface area contributed by atoms with Crippen LogP contribution >= 0.6 is 35.6 Å². The molecule has 2 N–H and O–H groups in total. The highest BCUT2D eigenvalue weighted by atomic mass is 35.5. The van der Waals surface area contributed by atoms with Gasteiger partial charge in [0.15, 0.2) is 0 Å². The van der Waals surface area contributed by atoms with Crippen LogP contribution in [0.3, 0.4) is 0 Å². The summed E-state index contributed by atoms with van der Waals surface area (Å²) in [5.41, 5.74) is 0.195. The topological polar surface area (TPSA) is 55.8 Å². The van der Waals surface area contributed by atoms with Gasteiger partial charge in [-0.1, -0.05) is 47.7 Å². The van der Waals surface area contributed by atoms with Gasteiger partial charge in [-0.15, -0.1) is 0 Å². The molecule has 0 unspecified atom stereocenters. The molecule has 1 atom stereocenters. The van der Waals surface area contributed by atoms with Gasteiger partial charge in [0.1, 0.15) is 22.1 Å². The number of thioether (sulfide) groups is 1. The maximum atomic E-state index is 14.2. The Morgan fingerprint density at radius 3 is 2.55 bits per heavy atom. The van der Waals surface area contributed by atoms with Crippen LogP contribution in [0.2, 0.25) is 5.02 Å². The van der Waals surface area contributed by atoms with Crippen LogP contribution in [0.25, 0.3) is 0 Å². The normalized spacial score (nSPS) is 18.1. The quantitative estimate of drug-likeness (QED) is 0.361. The second-order valence-electron chi connectivity index (χ2n) is 6.96. The van der Waals surface area contributed by atoms with Crippen LogP contribution in [-0.2, 0) is 6.54 Å². The summed E-state index contributed by atoms with van der Waals surface area (Å²) in [6.45, 7) is 3.32. The van der Waals surface area contributed by atoms with Crippen LogP contribution in [0.15, 0.2) is 42.5 Å². The highest BCUT2D eigenvalue weighted by Gasteiger charge is 2.49. The summed E-state index contributed by atoms with van der Waals surface area (Å²) in [4.78, 5) is 14.1. The monoisotopic (exact) mass is 457 g/mol. The van der Waals surface area contributed by atoms with Crippen molar-refractivity contribution in [1.29, 1.82) is 0 Å². The number of urea groups is 1. The molecule has 29 heavy (non-hydrogen) atoms. The number of anilines is 1. The maximum Gasteiger partial charge on any atom is 0.347 e. The van der Waals surface area contributed by atoms with E-state index in [9.17, 15) is 18.8 Å². The molecule has 0 radical (unpaired) electrons. The Kier molecular flexibility index (Phi) is 6.33. The van der Waals surface area contributed by atoms with Gasteiger partial charge in [0, 0.05) is 16.3 Å². The molecule has 0 spiro atoms. The van der Waals surface area contributed by atoms with Gasteiger partial charge >= 0.3 is 6.03 Å². The molecule has 1 fully saturated rings. The van der Waals surface area contributed by atoms with Gasteiger partial charge in [0.2, 0.25) is 0 Å². The standard InChI is InChI=1S/C19H18ClF2N3O2S2/c1-19(2)16(25(27)17(26)23-12-6-3-5-11(20)9-12)24(18(28)29-19)10-13-14(21)7-4-8-15(13)22/h3-9,16,27H,10H2,1-2H3,(H,23,26)/t16-/m0/s1. The molecule has 2 amide bonds. The van der Waals surface area contributed by atoms with Crippen LogP contribution in [0.5, 0.6) is 0 Å². The molecule has 1 heterocycles. The Morgan fingerprint density at radius 1 is 1.31 bits per heavy atom. The van der Waals surface area contributed by atoms with Crippen LogP contribution in [-0.4, -0.2) is 36.4 Å². The zero-order valence-electron chi connectivity index (χ0n) is 15.5. The molecule has 1 aliphatic heterocycles. The molecule has 0 aliphatic carbocycles. The molecule has 0 saturated carbocycles. The van der Waals surface area contributed by atoms with Gasteiger partial charge in [-0.2, -0.15) is 5.06 Å². The van der Waals surface area contributed by atoms with Gasteiger partial charge in [0.25, 0.3) is 0 Å². The summed E-state index contributed by atoms with van der Waals surface area (Å²) in [6.07, 6.45) is -0.960. The number of hydrogen-bond donors (Lipinski definition) is 2. The Balaban J connectivity index is 1.87. The number of carbonyl (C=O) groups is 1. The maximum absolute atomic E-state index is 14.2. The van der Waals surface area contributed by atoms with E-state index in [4.69, 9.17) is 23.8 Å². The van der Waals surface area contributed by atoms with Crippen molar-refractivity contribution in [3.8, 4) is 0 Å². The molecule has 10 heteroatoms. The van der Waals surface area contributed by atoms with Gasteiger partial charge in [0.05, 0.1) is 11.3 Å². The Bertz CT molecular complexity index is 941. The first kappa shape index (κ1) is 21.8. The number of halogens is 3. The number of rotatable bonds is 4. The molecular weight excluding hydrogens is 440 g/mol. The first-order valence-corrected chi connectivity index (χ1v) is 10.2. The lowest BCUT2D eigenvalue weighted by Crippen LogP contribution is -2.55. The van der Waals surface area contributed by atoms with Crippen LogP contribution in [0.1, 0.15) is 19.4 Å². The van der Waals surface area contributed by atoms with Crippen LogP contribution < -0.4 is 5.32 Å². The second kappa shape index (κ2) is 8.43. The van der Waals surface area contributed by atoms with E-state index < -0.39 is 28.6 Å². The lowest BCUT2D eigenvalue weighted by Gasteiger charge is -2.37. The minimum Gasteiger partial charge on any atom is -0.329 e. The van der Waals surface area contributed by atoms with E-state index in [0.29, 0.717) is 20.1 Å². The van der Waals surface area contributed by atoms with Crippen molar-refractivity contribution in [3.05, 3.63) is 64.7 Å². The summed E-state index contributed by atoms with van der Waals surface area (Å²) < 4.78 is 27.9. The van der Waals surface area contributed by atoms with Crippen LogP contribution in [0, 0.1) is 11.6 Å². The van der Waals surface area contributed by atoms with Crippen molar-refractivity contribution in [3.63, 3.8) is 0 Å². The summed E-state index contributed by atoms with van der Waals surface area (Å²) in [5, 5.41) is 14.1. The third-order valence-corrected chi connectivity index (χ3v) is 6.27. The van der Waals surface area contributed by atoms with Crippen molar-refractivity contribution in [2.75, 3.05) is 5.32 Å². The van der Waals surface area contributed by atoms with Crippen LogP contribution in [0.4, 0.5) is 19.3 Å². The molecule has 1 aliphatic rings. The molecule has 154 valence electrons. The van der Waals surface area contributed by atoms with E-state index in [2.05, 4.69) is 5.32 Å². The Labute approximate surface area is 181 Å². The van der Waals surface area contributed by atoms with Crippen molar-refractivity contribution in [2.45, 2.75) is 31.3 Å². The first-order chi connectivity index (χ1) is 13.6. The molecule has 0 bridgehead atoms. The van der Waals surface area contributed by atoms with Crippen molar-refractivity contribution in [2.24, 2.45) is 0 Å². The largest absolute Gasteiger partial charge is 0.347 e. The lowest BCUT2D eigenvalue weighted by atomic mass is 10.1. The summed E-state index contributed by atoms with van der Waals surface area (Å²) >= 11 is 12.5. The molecule has 2 aromatic rings. The van der Waals surface area contributed by atoms with E-state index in [1.807, 2.05) is 0 Å². The lowest BCUT2D eigenvalue weighted by molar-refractivity contribution is -0.116. The summed E-state index contributed by atoms with van der Waals surface area (Å²) in [7, 11) is 0. The van der Waals surface area contributed by atoms with Gasteiger partial charge in [-0.3, -0.25) is 5.21 Å². The fourth-order valence-corrected chi connectivity index (χ4v) is 5.16. The molecule has 3 rings (SSSR count). The molecule has 0 aromatic heterocycles. The van der Waals surface area contributed by atoms with E-state index in [-0.39, 0.29) is 12.1 Å². The average molecular weight is 458 g/mol. The fraction of sp³-hybridized carbons (Fsp3) is 0.263. The number of hydroxylamine groups is 2. The summed E-state index contributed by atoms with van der Waals surface area (Å²) in [5.74, 6) is -1.46. The van der Waals surface area contributed by atoms with Gasteiger partial charge in [-0.05, 0) is 44.2 Å². The third-order valence-electron chi connectivity index (χ3n) is 4.41. The molecule has 1 saturated heterocycles. The van der Waals surface area contributed by atoms with E-state index >= 15 is 0 Å². The number of thiocarbonyl (C=S) groups is 1. The smallest absolute Gasteiger partial charge is 0.329 e. The van der Waals surface area contributed by atoms with E-state index in [1.54, 1.807) is 32.0 Å². The number of nitrogens with one attached hydrogen (secondary N) is 1. The van der Waals surface area contributed by atoms with E-state index in [0.717, 1.165) is 12.1 Å². The van der Waals surface area contributed by atoms with Crippen molar-refractivity contribution < 1.29 is 18.8 Å². The minimum absolute atomic E-state index is 0.193. The fourth-order valence-electron chi connectivity index (χ4n) is 3.10. The first-order valence-electron chi connectivity index (χ1n) is 8.57. The number of amides is 2. The Morgan fingerprint density at radius 2 is 1.93 bits per heavy atom. The van der Waals surface area contributed by atoms with Crippen molar-refractivity contribution >= 4 is 51.6 Å². The molecule has 5 nitrogen and oxygen atoms in total. The number of benzene rings is 2. The second-order valence-corrected chi connectivity index (χ2v) is 9.68. The number of nitrogens with zero attached hydrogens (tertiary/aromatic N) is 2. The van der Waals surface area contributed by atoms with Gasteiger partial charge in [-0.25, -0.2) is 13.6 Å². The zero-order chi connectivity index (χ0) is 21.3. The number of carbonyl (C=O) groups excluding carboxylic acids is 1. The number of hydrogen-bond acceptors (Lipinski definition) is 4.